The van der Waals surface area contributed by atoms with Gasteiger partial charge in [0, 0.05) is 6.42 Å². The lowest BCUT2D eigenvalue weighted by Gasteiger charge is -2.17. The van der Waals surface area contributed by atoms with E-state index in [4.69, 9.17) is 9.84 Å². The highest BCUT2D eigenvalue weighted by Gasteiger charge is 2.23. The number of rotatable bonds is 5. The second-order valence-corrected chi connectivity index (χ2v) is 5.34. The Labute approximate surface area is 117 Å². The summed E-state index contributed by atoms with van der Waals surface area (Å²) >= 11 is 0. The van der Waals surface area contributed by atoms with E-state index in [1.54, 1.807) is 13.8 Å². The van der Waals surface area contributed by atoms with E-state index in [0.29, 0.717) is 6.61 Å². The second-order valence-electron chi connectivity index (χ2n) is 5.34. The van der Waals surface area contributed by atoms with Crippen molar-refractivity contribution in [2.75, 3.05) is 6.61 Å². The summed E-state index contributed by atoms with van der Waals surface area (Å²) in [7, 11) is 0. The van der Waals surface area contributed by atoms with Crippen LogP contribution in [-0.2, 0) is 22.4 Å². The molecular formula is C15H19NO4. The van der Waals surface area contributed by atoms with Crippen molar-refractivity contribution in [1.82, 2.24) is 5.32 Å². The van der Waals surface area contributed by atoms with Crippen molar-refractivity contribution in [2.45, 2.75) is 32.7 Å². The number of carboxylic acid groups (broad SMARTS) is 1. The van der Waals surface area contributed by atoms with Gasteiger partial charge in [-0.3, -0.25) is 4.79 Å². The minimum absolute atomic E-state index is 0.148. The van der Waals surface area contributed by atoms with Gasteiger partial charge >= 0.3 is 5.97 Å². The number of carbonyl (C=O) groups is 2. The van der Waals surface area contributed by atoms with Crippen LogP contribution < -0.4 is 10.1 Å². The van der Waals surface area contributed by atoms with E-state index in [0.717, 1.165) is 23.3 Å². The zero-order valence-corrected chi connectivity index (χ0v) is 11.7. The van der Waals surface area contributed by atoms with Gasteiger partial charge in [0.25, 0.3) is 0 Å². The smallest absolute Gasteiger partial charge is 0.326 e. The molecule has 1 amide bonds. The molecule has 0 aromatic heterocycles. The molecule has 20 heavy (non-hydrogen) atoms. The molecule has 0 aliphatic carbocycles. The number of ether oxygens (including phenoxy) is 1. The zero-order chi connectivity index (χ0) is 14.7. The third-order valence-electron chi connectivity index (χ3n) is 3.37. The first kappa shape index (κ1) is 14.4. The summed E-state index contributed by atoms with van der Waals surface area (Å²) in [6.07, 6.45) is 1.04. The monoisotopic (exact) mass is 277 g/mol. The molecule has 1 heterocycles. The maximum Gasteiger partial charge on any atom is 0.326 e. The van der Waals surface area contributed by atoms with Gasteiger partial charge in [-0.25, -0.2) is 4.79 Å². The van der Waals surface area contributed by atoms with Gasteiger partial charge in [-0.1, -0.05) is 26.0 Å². The van der Waals surface area contributed by atoms with Crippen LogP contribution in [0.2, 0.25) is 0 Å². The fourth-order valence-electron chi connectivity index (χ4n) is 2.27. The fraction of sp³-hybridized carbons (Fsp3) is 0.467. The second kappa shape index (κ2) is 5.94. The first-order chi connectivity index (χ1) is 9.47. The van der Waals surface area contributed by atoms with Crippen LogP contribution in [0.5, 0.6) is 5.75 Å². The number of hydrogen-bond acceptors (Lipinski definition) is 3. The van der Waals surface area contributed by atoms with Gasteiger partial charge in [0.15, 0.2) is 0 Å². The first-order valence-electron chi connectivity index (χ1n) is 6.74. The Kier molecular flexibility index (Phi) is 4.27. The van der Waals surface area contributed by atoms with Gasteiger partial charge in [-0.2, -0.15) is 0 Å². The van der Waals surface area contributed by atoms with E-state index in [-0.39, 0.29) is 18.2 Å². The molecule has 1 aliphatic heterocycles. The van der Waals surface area contributed by atoms with E-state index in [1.807, 2.05) is 18.2 Å². The Morgan fingerprint density at radius 1 is 1.40 bits per heavy atom. The summed E-state index contributed by atoms with van der Waals surface area (Å²) in [6, 6.07) is 4.81. The van der Waals surface area contributed by atoms with Crippen molar-refractivity contribution in [3.8, 4) is 5.75 Å². The van der Waals surface area contributed by atoms with Crippen LogP contribution in [0.3, 0.4) is 0 Å². The molecule has 0 saturated carbocycles. The van der Waals surface area contributed by atoms with Crippen LogP contribution >= 0.6 is 0 Å². The minimum atomic E-state index is -1.00. The van der Waals surface area contributed by atoms with Crippen LogP contribution in [0, 0.1) is 5.92 Å². The average Bonchev–Trinajstić information content (AvgIpc) is 2.82. The SMILES string of the molecule is CC(C)C(NC(=O)Cc1ccc2c(c1)CCO2)C(=O)O. The number of nitrogens with one attached hydrogen (secondary N) is 1. The zero-order valence-electron chi connectivity index (χ0n) is 11.7. The van der Waals surface area contributed by atoms with Crippen molar-refractivity contribution >= 4 is 11.9 Å². The molecule has 0 spiro atoms. The standard InChI is InChI=1S/C15H19NO4/c1-9(2)14(15(18)19)16-13(17)8-10-3-4-12-11(7-10)5-6-20-12/h3-4,7,9,14H,5-6,8H2,1-2H3,(H,16,17)(H,18,19). The Bertz CT molecular complexity index is 525. The predicted molar refractivity (Wildman–Crippen MR) is 73.7 cm³/mol. The van der Waals surface area contributed by atoms with Crippen molar-refractivity contribution in [3.05, 3.63) is 29.3 Å². The van der Waals surface area contributed by atoms with Crippen molar-refractivity contribution in [3.63, 3.8) is 0 Å². The third-order valence-corrected chi connectivity index (χ3v) is 3.37. The van der Waals surface area contributed by atoms with Crippen LogP contribution in [-0.4, -0.2) is 29.6 Å². The molecule has 0 fully saturated rings. The normalized spacial score (nSPS) is 14.6. The third kappa shape index (κ3) is 3.29. The maximum atomic E-state index is 11.9. The van der Waals surface area contributed by atoms with Crippen LogP contribution in [0.4, 0.5) is 0 Å². The Morgan fingerprint density at radius 3 is 2.80 bits per heavy atom. The fourth-order valence-corrected chi connectivity index (χ4v) is 2.27. The number of fused-ring (bicyclic) bond motifs is 1. The Morgan fingerprint density at radius 2 is 2.15 bits per heavy atom. The summed E-state index contributed by atoms with van der Waals surface area (Å²) in [5.74, 6) is -0.551. The molecule has 2 N–H and O–H groups in total. The van der Waals surface area contributed by atoms with E-state index in [1.165, 1.54) is 0 Å². The maximum absolute atomic E-state index is 11.9. The summed E-state index contributed by atoms with van der Waals surface area (Å²) in [5, 5.41) is 11.6. The molecule has 1 aromatic carbocycles. The Balaban J connectivity index is 1.99. The molecule has 0 bridgehead atoms. The highest BCUT2D eigenvalue weighted by molar-refractivity contribution is 5.85. The van der Waals surface area contributed by atoms with Gasteiger partial charge in [0.05, 0.1) is 13.0 Å². The van der Waals surface area contributed by atoms with E-state index in [9.17, 15) is 9.59 Å². The van der Waals surface area contributed by atoms with Crippen molar-refractivity contribution < 1.29 is 19.4 Å². The molecule has 1 aromatic rings. The Hall–Kier alpha value is -2.04. The molecule has 1 atom stereocenters. The van der Waals surface area contributed by atoms with Crippen LogP contribution in [0.25, 0.3) is 0 Å². The number of benzene rings is 1. The van der Waals surface area contributed by atoms with Crippen LogP contribution in [0.15, 0.2) is 18.2 Å². The molecule has 1 unspecified atom stereocenters. The summed E-state index contributed by atoms with van der Waals surface area (Å²) in [4.78, 5) is 23.0. The number of carbonyl (C=O) groups excluding carboxylic acids is 1. The van der Waals surface area contributed by atoms with Gasteiger partial charge in [-0.15, -0.1) is 0 Å². The summed E-state index contributed by atoms with van der Waals surface area (Å²) < 4.78 is 5.41. The quantitative estimate of drug-likeness (QED) is 0.852. The number of carboxylic acids is 1. The largest absolute Gasteiger partial charge is 0.493 e. The lowest BCUT2D eigenvalue weighted by atomic mass is 10.0. The molecule has 5 heteroatoms. The lowest BCUT2D eigenvalue weighted by Crippen LogP contribution is -2.44. The highest BCUT2D eigenvalue weighted by atomic mass is 16.5. The van der Waals surface area contributed by atoms with Crippen molar-refractivity contribution in [1.29, 1.82) is 0 Å². The number of aliphatic carboxylic acids is 1. The highest BCUT2D eigenvalue weighted by Crippen LogP contribution is 2.25. The van der Waals surface area contributed by atoms with Gasteiger partial charge in [0.2, 0.25) is 5.91 Å². The van der Waals surface area contributed by atoms with Gasteiger partial charge < -0.3 is 15.2 Å². The molecule has 5 nitrogen and oxygen atoms in total. The topological polar surface area (TPSA) is 75.6 Å². The van der Waals surface area contributed by atoms with Crippen molar-refractivity contribution in [2.24, 2.45) is 5.92 Å². The predicted octanol–water partition coefficient (Wildman–Crippen LogP) is 1.39. The molecule has 2 rings (SSSR count). The van der Waals surface area contributed by atoms with Crippen LogP contribution in [0.1, 0.15) is 25.0 Å². The van der Waals surface area contributed by atoms with Gasteiger partial charge in [-0.05, 0) is 23.1 Å². The van der Waals surface area contributed by atoms with Gasteiger partial charge in [0.1, 0.15) is 11.8 Å². The van der Waals surface area contributed by atoms with E-state index >= 15 is 0 Å². The lowest BCUT2D eigenvalue weighted by molar-refractivity contribution is -0.143. The average molecular weight is 277 g/mol. The summed E-state index contributed by atoms with van der Waals surface area (Å²) in [5.41, 5.74) is 1.98. The molecule has 1 aliphatic rings. The van der Waals surface area contributed by atoms with E-state index < -0.39 is 12.0 Å². The minimum Gasteiger partial charge on any atom is -0.493 e. The molecule has 0 radical (unpaired) electrons. The number of amides is 1. The number of hydrogen-bond donors (Lipinski definition) is 2. The first-order valence-corrected chi connectivity index (χ1v) is 6.74. The molecular weight excluding hydrogens is 258 g/mol. The summed E-state index contributed by atoms with van der Waals surface area (Å²) in [6.45, 7) is 4.22. The molecule has 108 valence electrons. The van der Waals surface area contributed by atoms with E-state index in [2.05, 4.69) is 5.32 Å². The molecule has 0 saturated heterocycles.